The van der Waals surface area contributed by atoms with Crippen LogP contribution in [0.4, 0.5) is 0 Å². The molecule has 0 aliphatic rings. The number of aromatic nitrogens is 1. The first-order valence-corrected chi connectivity index (χ1v) is 8.38. The molecule has 1 aromatic carbocycles. The first kappa shape index (κ1) is 15.2. The van der Waals surface area contributed by atoms with Crippen molar-refractivity contribution in [1.82, 2.24) is 10.3 Å². The van der Waals surface area contributed by atoms with Gasteiger partial charge in [-0.05, 0) is 25.3 Å². The van der Waals surface area contributed by atoms with Crippen molar-refractivity contribution in [3.8, 4) is 11.3 Å². The molecule has 20 heavy (non-hydrogen) atoms. The largest absolute Gasteiger partial charge is 0.314 e. The maximum Gasteiger partial charge on any atom is 0.0945 e. The first-order valence-electron chi connectivity index (χ1n) is 7.50. The van der Waals surface area contributed by atoms with Gasteiger partial charge < -0.3 is 5.32 Å². The van der Waals surface area contributed by atoms with Crippen molar-refractivity contribution >= 4 is 11.3 Å². The Morgan fingerprint density at radius 2 is 1.95 bits per heavy atom. The van der Waals surface area contributed by atoms with Crippen LogP contribution in [0.2, 0.25) is 0 Å². The minimum absolute atomic E-state index is 0.594. The fourth-order valence-electron chi connectivity index (χ4n) is 2.04. The molecule has 1 heterocycles. The molecule has 2 aromatic rings. The Balaban J connectivity index is 1.94. The molecule has 0 amide bonds. The lowest BCUT2D eigenvalue weighted by Crippen LogP contribution is -2.27. The topological polar surface area (TPSA) is 24.9 Å². The second-order valence-corrected chi connectivity index (χ2v) is 6.13. The summed E-state index contributed by atoms with van der Waals surface area (Å²) in [6, 6.07) is 9.33. The monoisotopic (exact) mass is 288 g/mol. The quantitative estimate of drug-likeness (QED) is 0.821. The zero-order valence-corrected chi connectivity index (χ0v) is 13.5. The van der Waals surface area contributed by atoms with Crippen molar-refractivity contribution in [2.75, 3.05) is 6.54 Å². The van der Waals surface area contributed by atoms with Crippen LogP contribution in [-0.4, -0.2) is 17.6 Å². The first-order chi connectivity index (χ1) is 9.72. The number of thiazole rings is 1. The molecule has 1 aromatic heterocycles. The van der Waals surface area contributed by atoms with Gasteiger partial charge in [-0.1, -0.05) is 38.1 Å². The zero-order valence-electron chi connectivity index (χ0n) is 12.6. The third-order valence-corrected chi connectivity index (χ3v) is 4.56. The highest BCUT2D eigenvalue weighted by Gasteiger charge is 2.05. The number of rotatable bonds is 7. The lowest BCUT2D eigenvalue weighted by Gasteiger charge is -2.09. The van der Waals surface area contributed by atoms with Crippen LogP contribution in [0.25, 0.3) is 11.3 Å². The van der Waals surface area contributed by atoms with Crippen LogP contribution < -0.4 is 5.32 Å². The number of nitrogens with zero attached hydrogens (tertiary/aromatic N) is 1. The molecule has 0 spiro atoms. The van der Waals surface area contributed by atoms with Crippen molar-refractivity contribution in [3.63, 3.8) is 0 Å². The van der Waals surface area contributed by atoms with Crippen molar-refractivity contribution in [2.24, 2.45) is 0 Å². The third kappa shape index (κ3) is 4.15. The molecule has 2 rings (SSSR count). The Labute approximate surface area is 126 Å². The summed E-state index contributed by atoms with van der Waals surface area (Å²) in [5.74, 6) is 0. The summed E-state index contributed by atoms with van der Waals surface area (Å²) < 4.78 is 0. The molecular weight excluding hydrogens is 264 g/mol. The number of benzene rings is 1. The second kappa shape index (κ2) is 7.55. The Morgan fingerprint density at radius 1 is 1.20 bits per heavy atom. The Bertz CT molecular complexity index is 516. The van der Waals surface area contributed by atoms with Crippen molar-refractivity contribution in [2.45, 2.75) is 46.1 Å². The molecule has 0 saturated heterocycles. The summed E-state index contributed by atoms with van der Waals surface area (Å²) in [4.78, 5) is 4.74. The lowest BCUT2D eigenvalue weighted by molar-refractivity contribution is 0.537. The fourth-order valence-corrected chi connectivity index (χ4v) is 2.85. The van der Waals surface area contributed by atoms with E-state index in [4.69, 9.17) is 4.98 Å². The van der Waals surface area contributed by atoms with Crippen LogP contribution in [0.15, 0.2) is 29.6 Å². The summed E-state index contributed by atoms with van der Waals surface area (Å²) >= 11 is 1.76. The number of nitrogens with one attached hydrogen (secondary N) is 1. The van der Waals surface area contributed by atoms with Crippen LogP contribution in [-0.2, 0) is 12.8 Å². The van der Waals surface area contributed by atoms with Gasteiger partial charge >= 0.3 is 0 Å². The molecule has 1 unspecified atom stereocenters. The molecule has 0 bridgehead atoms. The summed E-state index contributed by atoms with van der Waals surface area (Å²) in [5.41, 5.74) is 3.71. The zero-order chi connectivity index (χ0) is 14.4. The second-order valence-electron chi connectivity index (χ2n) is 5.19. The SMILES string of the molecule is CCc1ccc(-c2csc(CCNC(C)CC)n2)cc1. The van der Waals surface area contributed by atoms with Gasteiger partial charge in [0.2, 0.25) is 0 Å². The third-order valence-electron chi connectivity index (χ3n) is 3.65. The highest BCUT2D eigenvalue weighted by Crippen LogP contribution is 2.22. The van der Waals surface area contributed by atoms with Crippen LogP contribution in [0, 0.1) is 0 Å². The maximum atomic E-state index is 4.74. The molecule has 0 fully saturated rings. The van der Waals surface area contributed by atoms with Gasteiger partial charge in [-0.15, -0.1) is 11.3 Å². The van der Waals surface area contributed by atoms with Gasteiger partial charge in [0.15, 0.2) is 0 Å². The van der Waals surface area contributed by atoms with E-state index in [-0.39, 0.29) is 0 Å². The molecule has 0 aliphatic carbocycles. The number of hydrogen-bond donors (Lipinski definition) is 1. The molecule has 0 radical (unpaired) electrons. The van der Waals surface area contributed by atoms with E-state index >= 15 is 0 Å². The standard InChI is InChI=1S/C17H24N2S/c1-4-13(3)18-11-10-17-19-16(12-20-17)15-8-6-14(5-2)7-9-15/h6-9,12-13,18H,4-5,10-11H2,1-3H3. The molecule has 0 aliphatic heterocycles. The average Bonchev–Trinajstić information content (AvgIpc) is 2.96. The smallest absolute Gasteiger partial charge is 0.0945 e. The van der Waals surface area contributed by atoms with Crippen molar-refractivity contribution in [3.05, 3.63) is 40.2 Å². The Hall–Kier alpha value is -1.19. The fraction of sp³-hybridized carbons (Fsp3) is 0.471. The van der Waals surface area contributed by atoms with Gasteiger partial charge in [-0.25, -0.2) is 4.98 Å². The normalized spacial score (nSPS) is 12.6. The number of hydrogen-bond acceptors (Lipinski definition) is 3. The molecule has 1 N–H and O–H groups in total. The van der Waals surface area contributed by atoms with Gasteiger partial charge in [0.25, 0.3) is 0 Å². The average molecular weight is 288 g/mol. The molecule has 2 nitrogen and oxygen atoms in total. The van der Waals surface area contributed by atoms with Crippen LogP contribution in [0.5, 0.6) is 0 Å². The van der Waals surface area contributed by atoms with Gasteiger partial charge in [-0.2, -0.15) is 0 Å². The minimum Gasteiger partial charge on any atom is -0.314 e. The summed E-state index contributed by atoms with van der Waals surface area (Å²) in [6.45, 7) is 7.62. The highest BCUT2D eigenvalue weighted by molar-refractivity contribution is 7.09. The van der Waals surface area contributed by atoms with E-state index in [9.17, 15) is 0 Å². The summed E-state index contributed by atoms with van der Waals surface area (Å²) in [5, 5.41) is 6.90. The van der Waals surface area contributed by atoms with Crippen LogP contribution in [0.3, 0.4) is 0 Å². The minimum atomic E-state index is 0.594. The van der Waals surface area contributed by atoms with Gasteiger partial charge in [0, 0.05) is 30.0 Å². The Kier molecular flexibility index (Phi) is 5.74. The van der Waals surface area contributed by atoms with E-state index in [1.54, 1.807) is 11.3 Å². The molecule has 0 saturated carbocycles. The van der Waals surface area contributed by atoms with E-state index in [0.29, 0.717) is 6.04 Å². The predicted octanol–water partition coefficient (Wildman–Crippen LogP) is 4.30. The van der Waals surface area contributed by atoms with E-state index in [0.717, 1.165) is 25.1 Å². The molecule has 1 atom stereocenters. The van der Waals surface area contributed by atoms with Gasteiger partial charge in [-0.3, -0.25) is 0 Å². The van der Waals surface area contributed by atoms with E-state index in [1.165, 1.54) is 22.6 Å². The predicted molar refractivity (Wildman–Crippen MR) is 88.4 cm³/mol. The summed E-state index contributed by atoms with van der Waals surface area (Å²) in [7, 11) is 0. The van der Waals surface area contributed by atoms with Gasteiger partial charge in [0.1, 0.15) is 0 Å². The van der Waals surface area contributed by atoms with E-state index in [2.05, 4.69) is 55.7 Å². The van der Waals surface area contributed by atoms with Crippen LogP contribution in [0.1, 0.15) is 37.8 Å². The van der Waals surface area contributed by atoms with Crippen molar-refractivity contribution in [1.29, 1.82) is 0 Å². The van der Waals surface area contributed by atoms with E-state index < -0.39 is 0 Å². The summed E-state index contributed by atoms with van der Waals surface area (Å²) in [6.07, 6.45) is 3.28. The van der Waals surface area contributed by atoms with Crippen molar-refractivity contribution < 1.29 is 0 Å². The maximum absolute atomic E-state index is 4.74. The highest BCUT2D eigenvalue weighted by atomic mass is 32.1. The van der Waals surface area contributed by atoms with Gasteiger partial charge in [0.05, 0.1) is 10.7 Å². The molecule has 3 heteroatoms. The lowest BCUT2D eigenvalue weighted by atomic mass is 10.1. The molecule has 108 valence electrons. The molecular formula is C17H24N2S. The van der Waals surface area contributed by atoms with E-state index in [1.807, 2.05) is 0 Å². The number of aryl methyl sites for hydroxylation is 1. The Morgan fingerprint density at radius 3 is 2.60 bits per heavy atom. The van der Waals surface area contributed by atoms with Crippen LogP contribution >= 0.6 is 11.3 Å².